The number of amides is 1. The predicted molar refractivity (Wildman–Crippen MR) is 115 cm³/mol. The minimum absolute atomic E-state index is 0.0398. The Morgan fingerprint density at radius 3 is 2.29 bits per heavy atom. The fourth-order valence-electron chi connectivity index (χ4n) is 3.39. The number of ether oxygens (including phenoxy) is 3. The topological polar surface area (TPSA) is 73.9 Å². The molecule has 1 N–H and O–H groups in total. The van der Waals surface area contributed by atoms with Gasteiger partial charge in [0.1, 0.15) is 6.61 Å². The SMILES string of the molecule is O=C(COC(=O)[C@@H]1COc2ccccc2O1)N[C@@H](Cc1ccccc1)c1ccccc1. The van der Waals surface area contributed by atoms with Crippen molar-refractivity contribution in [1.82, 2.24) is 5.32 Å². The highest BCUT2D eigenvalue weighted by atomic mass is 16.6. The highest BCUT2D eigenvalue weighted by molar-refractivity contribution is 5.82. The lowest BCUT2D eigenvalue weighted by Crippen LogP contribution is -2.40. The summed E-state index contributed by atoms with van der Waals surface area (Å²) in [6.45, 7) is -0.351. The number of hydrogen-bond donors (Lipinski definition) is 1. The van der Waals surface area contributed by atoms with Crippen LogP contribution in [-0.4, -0.2) is 31.2 Å². The van der Waals surface area contributed by atoms with Crippen molar-refractivity contribution >= 4 is 11.9 Å². The second-order valence-electron chi connectivity index (χ2n) is 7.19. The quantitative estimate of drug-likeness (QED) is 0.596. The van der Waals surface area contributed by atoms with Crippen LogP contribution < -0.4 is 14.8 Å². The Bertz CT molecular complexity index is 1020. The van der Waals surface area contributed by atoms with Gasteiger partial charge >= 0.3 is 5.97 Å². The molecule has 1 aliphatic rings. The van der Waals surface area contributed by atoms with Crippen molar-refractivity contribution in [2.24, 2.45) is 0 Å². The van der Waals surface area contributed by atoms with Crippen LogP contribution in [0.2, 0.25) is 0 Å². The van der Waals surface area contributed by atoms with Crippen LogP contribution >= 0.6 is 0 Å². The Kier molecular flexibility index (Phi) is 6.47. The zero-order chi connectivity index (χ0) is 21.5. The van der Waals surface area contributed by atoms with Crippen LogP contribution in [0.1, 0.15) is 17.2 Å². The van der Waals surface area contributed by atoms with Crippen molar-refractivity contribution in [3.63, 3.8) is 0 Å². The van der Waals surface area contributed by atoms with E-state index < -0.39 is 18.7 Å². The van der Waals surface area contributed by atoms with E-state index in [1.807, 2.05) is 66.7 Å². The second kappa shape index (κ2) is 9.80. The van der Waals surface area contributed by atoms with Gasteiger partial charge in [-0.3, -0.25) is 4.79 Å². The van der Waals surface area contributed by atoms with E-state index in [1.165, 1.54) is 0 Å². The highest BCUT2D eigenvalue weighted by Gasteiger charge is 2.29. The van der Waals surface area contributed by atoms with Gasteiger partial charge in [0.05, 0.1) is 6.04 Å². The van der Waals surface area contributed by atoms with Gasteiger partial charge < -0.3 is 19.5 Å². The van der Waals surface area contributed by atoms with Gasteiger partial charge in [-0.15, -0.1) is 0 Å². The fraction of sp³-hybridized carbons (Fsp3) is 0.200. The molecule has 6 heteroatoms. The number of hydrogen-bond acceptors (Lipinski definition) is 5. The molecule has 4 rings (SSSR count). The zero-order valence-electron chi connectivity index (χ0n) is 16.9. The number of para-hydroxylation sites is 2. The largest absolute Gasteiger partial charge is 0.485 e. The van der Waals surface area contributed by atoms with Crippen molar-refractivity contribution in [2.75, 3.05) is 13.2 Å². The summed E-state index contributed by atoms with van der Waals surface area (Å²) in [5.74, 6) is 0.0438. The van der Waals surface area contributed by atoms with Gasteiger partial charge in [0, 0.05) is 0 Å². The molecule has 0 fully saturated rings. The van der Waals surface area contributed by atoms with E-state index in [0.29, 0.717) is 17.9 Å². The molecule has 0 radical (unpaired) electrons. The molecular weight excluding hydrogens is 394 g/mol. The van der Waals surface area contributed by atoms with E-state index in [0.717, 1.165) is 11.1 Å². The molecule has 2 atom stereocenters. The first kappa shape index (κ1) is 20.5. The summed E-state index contributed by atoms with van der Waals surface area (Å²) in [5.41, 5.74) is 2.08. The molecule has 1 amide bonds. The number of carbonyl (C=O) groups is 2. The third-order valence-corrected chi connectivity index (χ3v) is 4.94. The lowest BCUT2D eigenvalue weighted by Gasteiger charge is -2.25. The highest BCUT2D eigenvalue weighted by Crippen LogP contribution is 2.31. The molecule has 0 saturated carbocycles. The summed E-state index contributed by atoms with van der Waals surface area (Å²) in [6.07, 6.45) is -0.280. The summed E-state index contributed by atoms with van der Waals surface area (Å²) in [4.78, 5) is 24.9. The van der Waals surface area contributed by atoms with Crippen molar-refractivity contribution < 1.29 is 23.8 Å². The van der Waals surface area contributed by atoms with E-state index in [1.54, 1.807) is 18.2 Å². The molecule has 31 heavy (non-hydrogen) atoms. The van der Waals surface area contributed by atoms with Crippen molar-refractivity contribution in [2.45, 2.75) is 18.6 Å². The number of carbonyl (C=O) groups excluding carboxylic acids is 2. The van der Waals surface area contributed by atoms with Crippen molar-refractivity contribution in [3.05, 3.63) is 96.1 Å². The Hall–Kier alpha value is -3.80. The van der Waals surface area contributed by atoms with Gasteiger partial charge in [0.25, 0.3) is 5.91 Å². The van der Waals surface area contributed by atoms with Crippen LogP contribution in [-0.2, 0) is 20.7 Å². The molecule has 0 unspecified atom stereocenters. The third kappa shape index (κ3) is 5.42. The molecule has 0 aliphatic carbocycles. The Morgan fingerprint density at radius 1 is 0.903 bits per heavy atom. The van der Waals surface area contributed by atoms with E-state index in [-0.39, 0.29) is 18.6 Å². The average molecular weight is 417 g/mol. The first-order chi connectivity index (χ1) is 15.2. The van der Waals surface area contributed by atoms with E-state index in [4.69, 9.17) is 14.2 Å². The van der Waals surface area contributed by atoms with Crippen LogP contribution in [0.15, 0.2) is 84.9 Å². The molecule has 1 heterocycles. The van der Waals surface area contributed by atoms with Gasteiger partial charge in [-0.05, 0) is 29.7 Å². The van der Waals surface area contributed by atoms with E-state index in [9.17, 15) is 9.59 Å². The molecular formula is C25H23NO5. The van der Waals surface area contributed by atoms with Gasteiger partial charge in [-0.25, -0.2) is 4.79 Å². The van der Waals surface area contributed by atoms with Crippen LogP contribution in [0.3, 0.4) is 0 Å². The lowest BCUT2D eigenvalue weighted by molar-refractivity contribution is -0.157. The normalized spacial score (nSPS) is 15.5. The van der Waals surface area contributed by atoms with E-state index >= 15 is 0 Å². The maximum atomic E-state index is 12.5. The summed E-state index contributed by atoms with van der Waals surface area (Å²) >= 11 is 0. The van der Waals surface area contributed by atoms with Gasteiger partial charge in [0.15, 0.2) is 18.1 Å². The molecule has 0 bridgehead atoms. The smallest absolute Gasteiger partial charge is 0.351 e. The molecule has 158 valence electrons. The minimum atomic E-state index is -0.906. The molecule has 0 saturated heterocycles. The van der Waals surface area contributed by atoms with Gasteiger partial charge in [-0.1, -0.05) is 72.8 Å². The second-order valence-corrected chi connectivity index (χ2v) is 7.19. The summed E-state index contributed by atoms with van der Waals surface area (Å²) in [6, 6.07) is 26.5. The number of esters is 1. The Balaban J connectivity index is 1.34. The first-order valence-electron chi connectivity index (χ1n) is 10.1. The van der Waals surface area contributed by atoms with E-state index in [2.05, 4.69) is 5.32 Å². The zero-order valence-corrected chi connectivity index (χ0v) is 16.9. The molecule has 3 aromatic rings. The lowest BCUT2D eigenvalue weighted by atomic mass is 9.99. The standard InChI is InChI=1S/C25H23NO5/c27-24(17-30-25(28)23-16-29-21-13-7-8-14-22(21)31-23)26-20(19-11-5-2-6-12-19)15-18-9-3-1-4-10-18/h1-14,20,23H,15-17H2,(H,26,27)/t20-,23-/m0/s1. The number of benzene rings is 3. The molecule has 0 spiro atoms. The number of fused-ring (bicyclic) bond motifs is 1. The minimum Gasteiger partial charge on any atom is -0.485 e. The molecule has 0 aromatic heterocycles. The fourth-order valence-corrected chi connectivity index (χ4v) is 3.39. The Labute approximate surface area is 180 Å². The van der Waals surface area contributed by atoms with Crippen LogP contribution in [0, 0.1) is 0 Å². The molecule has 1 aliphatic heterocycles. The summed E-state index contributed by atoms with van der Waals surface area (Å²) < 4.78 is 16.3. The van der Waals surface area contributed by atoms with Crippen LogP contribution in [0.4, 0.5) is 0 Å². The number of rotatable bonds is 7. The van der Waals surface area contributed by atoms with Crippen LogP contribution in [0.25, 0.3) is 0 Å². The summed E-state index contributed by atoms with van der Waals surface area (Å²) in [7, 11) is 0. The molecule has 6 nitrogen and oxygen atoms in total. The average Bonchev–Trinajstić information content (AvgIpc) is 2.83. The van der Waals surface area contributed by atoms with Crippen molar-refractivity contribution in [1.29, 1.82) is 0 Å². The van der Waals surface area contributed by atoms with Crippen molar-refractivity contribution in [3.8, 4) is 11.5 Å². The van der Waals surface area contributed by atoms with Crippen LogP contribution in [0.5, 0.6) is 11.5 Å². The monoisotopic (exact) mass is 417 g/mol. The van der Waals surface area contributed by atoms with Gasteiger partial charge in [-0.2, -0.15) is 0 Å². The Morgan fingerprint density at radius 2 is 1.55 bits per heavy atom. The maximum absolute atomic E-state index is 12.5. The molecule has 3 aromatic carbocycles. The predicted octanol–water partition coefficient (Wildman–Crippen LogP) is 3.47. The number of nitrogens with one attached hydrogen (secondary N) is 1. The summed E-state index contributed by atoms with van der Waals surface area (Å²) in [5, 5.41) is 2.97. The van der Waals surface area contributed by atoms with Gasteiger partial charge in [0.2, 0.25) is 6.10 Å². The third-order valence-electron chi connectivity index (χ3n) is 4.94. The first-order valence-corrected chi connectivity index (χ1v) is 10.1. The maximum Gasteiger partial charge on any atom is 0.351 e.